The molecular formula is C21H24N4O. The molecular weight excluding hydrogens is 324 g/mol. The van der Waals surface area contributed by atoms with E-state index in [1.165, 1.54) is 5.56 Å². The van der Waals surface area contributed by atoms with Crippen molar-refractivity contribution in [1.82, 2.24) is 14.9 Å². The zero-order valence-corrected chi connectivity index (χ0v) is 15.3. The molecule has 0 saturated heterocycles. The van der Waals surface area contributed by atoms with Gasteiger partial charge in [-0.2, -0.15) is 0 Å². The van der Waals surface area contributed by atoms with Gasteiger partial charge in [0.25, 0.3) is 0 Å². The molecule has 134 valence electrons. The van der Waals surface area contributed by atoms with Crippen LogP contribution in [0.5, 0.6) is 0 Å². The number of hydrogen-bond acceptors (Lipinski definition) is 2. The number of hydrogen-bond donors (Lipinski definition) is 1. The Morgan fingerprint density at radius 1 is 1.19 bits per heavy atom. The average Bonchev–Trinajstić information content (AvgIpc) is 3.19. The van der Waals surface area contributed by atoms with Crippen molar-refractivity contribution in [2.45, 2.75) is 32.7 Å². The largest absolute Gasteiger partial charge is 0.337 e. The molecule has 1 aliphatic heterocycles. The number of imidazole rings is 1. The summed E-state index contributed by atoms with van der Waals surface area (Å²) in [5, 5.41) is 3.06. The third kappa shape index (κ3) is 2.83. The molecule has 1 N–H and O–H groups in total. The number of aromatic nitrogens is 2. The first kappa shape index (κ1) is 16.6. The van der Waals surface area contributed by atoms with E-state index in [9.17, 15) is 4.79 Å². The summed E-state index contributed by atoms with van der Waals surface area (Å²) in [4.78, 5) is 19.2. The SMILES string of the molecule is CCn1c(CCNC(=O)N2CC(C)c3ccccc32)nc2ccccc21. The number of nitrogens with zero attached hydrogens (tertiary/aromatic N) is 3. The molecule has 1 aliphatic rings. The average molecular weight is 348 g/mol. The van der Waals surface area contributed by atoms with E-state index in [4.69, 9.17) is 4.98 Å². The molecule has 0 radical (unpaired) electrons. The van der Waals surface area contributed by atoms with Crippen LogP contribution in [0.15, 0.2) is 48.5 Å². The Labute approximate surface area is 153 Å². The van der Waals surface area contributed by atoms with Gasteiger partial charge in [0.2, 0.25) is 0 Å². The molecule has 0 aliphatic carbocycles. The standard InChI is InChI=1S/C21H24N4O/c1-3-24-19-11-7-5-9-17(19)23-20(24)12-13-22-21(26)25-14-15(2)16-8-4-6-10-18(16)25/h4-11,15H,3,12-14H2,1-2H3,(H,22,26). The molecule has 26 heavy (non-hydrogen) atoms. The van der Waals surface area contributed by atoms with Crippen molar-refractivity contribution in [3.05, 3.63) is 59.9 Å². The highest BCUT2D eigenvalue weighted by atomic mass is 16.2. The monoisotopic (exact) mass is 348 g/mol. The number of benzene rings is 2. The summed E-state index contributed by atoms with van der Waals surface area (Å²) in [5.74, 6) is 1.39. The van der Waals surface area contributed by atoms with E-state index in [-0.39, 0.29) is 6.03 Å². The van der Waals surface area contributed by atoms with Crippen molar-refractivity contribution in [2.24, 2.45) is 0 Å². The summed E-state index contributed by atoms with van der Waals surface area (Å²) in [5.41, 5.74) is 4.44. The fourth-order valence-electron chi connectivity index (χ4n) is 3.86. The van der Waals surface area contributed by atoms with Crippen LogP contribution in [0.1, 0.15) is 31.2 Å². The summed E-state index contributed by atoms with van der Waals surface area (Å²) in [6.07, 6.45) is 0.722. The van der Waals surface area contributed by atoms with Crippen LogP contribution in [0, 0.1) is 0 Å². The lowest BCUT2D eigenvalue weighted by atomic mass is 10.0. The van der Waals surface area contributed by atoms with E-state index < -0.39 is 0 Å². The number of rotatable bonds is 4. The van der Waals surface area contributed by atoms with Crippen LogP contribution in [-0.2, 0) is 13.0 Å². The molecule has 5 nitrogen and oxygen atoms in total. The Morgan fingerprint density at radius 2 is 1.96 bits per heavy atom. The fraction of sp³-hybridized carbons (Fsp3) is 0.333. The topological polar surface area (TPSA) is 50.2 Å². The second-order valence-corrected chi connectivity index (χ2v) is 6.81. The van der Waals surface area contributed by atoms with Crippen molar-refractivity contribution in [3.63, 3.8) is 0 Å². The molecule has 0 fully saturated rings. The van der Waals surface area contributed by atoms with Crippen LogP contribution in [0.4, 0.5) is 10.5 Å². The van der Waals surface area contributed by atoms with Gasteiger partial charge in [0, 0.05) is 37.7 Å². The maximum atomic E-state index is 12.7. The number of amides is 2. The highest BCUT2D eigenvalue weighted by molar-refractivity contribution is 5.94. The minimum atomic E-state index is -0.0269. The fourth-order valence-corrected chi connectivity index (χ4v) is 3.86. The van der Waals surface area contributed by atoms with Crippen molar-refractivity contribution >= 4 is 22.8 Å². The summed E-state index contributed by atoms with van der Waals surface area (Å²) in [6.45, 7) is 6.48. The van der Waals surface area contributed by atoms with Gasteiger partial charge in [-0.05, 0) is 30.7 Å². The number of carbonyl (C=O) groups is 1. The first-order valence-corrected chi connectivity index (χ1v) is 9.27. The lowest BCUT2D eigenvalue weighted by Gasteiger charge is -2.18. The van der Waals surface area contributed by atoms with Crippen LogP contribution < -0.4 is 10.2 Å². The van der Waals surface area contributed by atoms with Gasteiger partial charge in [0.15, 0.2) is 0 Å². The smallest absolute Gasteiger partial charge is 0.321 e. The lowest BCUT2D eigenvalue weighted by molar-refractivity contribution is 0.246. The van der Waals surface area contributed by atoms with E-state index in [1.54, 1.807) is 0 Å². The number of para-hydroxylation sites is 3. The normalized spacial score (nSPS) is 16.1. The minimum absolute atomic E-state index is 0.0269. The predicted molar refractivity (Wildman–Crippen MR) is 105 cm³/mol. The van der Waals surface area contributed by atoms with Gasteiger partial charge in [0.05, 0.1) is 11.0 Å². The molecule has 2 amide bonds. The van der Waals surface area contributed by atoms with Crippen LogP contribution in [0.25, 0.3) is 11.0 Å². The lowest BCUT2D eigenvalue weighted by Crippen LogP contribution is -2.40. The first-order valence-electron chi connectivity index (χ1n) is 9.27. The summed E-state index contributed by atoms with van der Waals surface area (Å²) in [7, 11) is 0. The second-order valence-electron chi connectivity index (χ2n) is 6.81. The summed E-state index contributed by atoms with van der Waals surface area (Å²) < 4.78 is 2.22. The zero-order valence-electron chi connectivity index (χ0n) is 15.3. The molecule has 1 unspecified atom stereocenters. The molecule has 2 heterocycles. The van der Waals surface area contributed by atoms with Crippen molar-refractivity contribution < 1.29 is 4.79 Å². The second kappa shape index (κ2) is 6.83. The molecule has 2 aromatic carbocycles. The molecule has 0 saturated carbocycles. The predicted octanol–water partition coefficient (Wildman–Crippen LogP) is 3.93. The molecule has 5 heteroatoms. The molecule has 0 bridgehead atoms. The maximum absolute atomic E-state index is 12.7. The number of nitrogens with one attached hydrogen (secondary N) is 1. The Hall–Kier alpha value is -2.82. The minimum Gasteiger partial charge on any atom is -0.337 e. The molecule has 0 spiro atoms. The highest BCUT2D eigenvalue weighted by Gasteiger charge is 2.29. The van der Waals surface area contributed by atoms with E-state index >= 15 is 0 Å². The van der Waals surface area contributed by atoms with E-state index in [0.717, 1.165) is 42.1 Å². The van der Waals surface area contributed by atoms with Crippen LogP contribution in [-0.4, -0.2) is 28.7 Å². The number of fused-ring (bicyclic) bond motifs is 2. The Morgan fingerprint density at radius 3 is 2.81 bits per heavy atom. The summed E-state index contributed by atoms with van der Waals surface area (Å²) in [6, 6.07) is 16.3. The van der Waals surface area contributed by atoms with E-state index in [0.29, 0.717) is 12.5 Å². The van der Waals surface area contributed by atoms with Crippen molar-refractivity contribution in [3.8, 4) is 0 Å². The van der Waals surface area contributed by atoms with Gasteiger partial charge < -0.3 is 9.88 Å². The number of carbonyl (C=O) groups excluding carboxylic acids is 1. The number of urea groups is 1. The van der Waals surface area contributed by atoms with Gasteiger partial charge in [-0.25, -0.2) is 9.78 Å². The number of aryl methyl sites for hydroxylation is 1. The zero-order chi connectivity index (χ0) is 18.1. The van der Waals surface area contributed by atoms with Gasteiger partial charge in [-0.1, -0.05) is 37.3 Å². The van der Waals surface area contributed by atoms with E-state index in [2.05, 4.69) is 35.9 Å². The Bertz CT molecular complexity index is 946. The van der Waals surface area contributed by atoms with Gasteiger partial charge in [-0.15, -0.1) is 0 Å². The first-order chi connectivity index (χ1) is 12.7. The van der Waals surface area contributed by atoms with Gasteiger partial charge >= 0.3 is 6.03 Å². The van der Waals surface area contributed by atoms with Crippen molar-refractivity contribution in [2.75, 3.05) is 18.0 Å². The molecule has 4 rings (SSSR count). The highest BCUT2D eigenvalue weighted by Crippen LogP contribution is 2.35. The van der Waals surface area contributed by atoms with Gasteiger partial charge in [0.1, 0.15) is 5.82 Å². The summed E-state index contributed by atoms with van der Waals surface area (Å²) >= 11 is 0. The van der Waals surface area contributed by atoms with Crippen molar-refractivity contribution in [1.29, 1.82) is 0 Å². The molecule has 1 atom stereocenters. The third-order valence-electron chi connectivity index (χ3n) is 5.13. The van der Waals surface area contributed by atoms with E-state index in [1.807, 2.05) is 41.3 Å². The van der Waals surface area contributed by atoms with Crippen LogP contribution in [0.3, 0.4) is 0 Å². The Kier molecular flexibility index (Phi) is 4.37. The van der Waals surface area contributed by atoms with Crippen LogP contribution in [0.2, 0.25) is 0 Å². The molecule has 1 aromatic heterocycles. The van der Waals surface area contributed by atoms with Gasteiger partial charge in [-0.3, -0.25) is 4.90 Å². The van der Waals surface area contributed by atoms with Crippen LogP contribution >= 0.6 is 0 Å². The maximum Gasteiger partial charge on any atom is 0.321 e. The quantitative estimate of drug-likeness (QED) is 0.776. The molecule has 3 aromatic rings. The number of anilines is 1. The third-order valence-corrected chi connectivity index (χ3v) is 5.13. The Balaban J connectivity index is 1.44.